The lowest BCUT2D eigenvalue weighted by molar-refractivity contribution is 0.392. The molecule has 0 saturated heterocycles. The summed E-state index contributed by atoms with van der Waals surface area (Å²) in [6, 6.07) is 0. The van der Waals surface area contributed by atoms with Crippen LogP contribution in [0.15, 0.2) is 17.2 Å². The van der Waals surface area contributed by atoms with Gasteiger partial charge in [-0.15, -0.1) is 19.0 Å². The van der Waals surface area contributed by atoms with Crippen molar-refractivity contribution in [3.63, 3.8) is 0 Å². The SMILES string of the molecule is C=CCSCCNCc1c(C)noc1C.Cl. The van der Waals surface area contributed by atoms with Crippen molar-refractivity contribution in [2.75, 3.05) is 18.1 Å². The molecule has 1 N–H and O–H groups in total. The number of aromatic nitrogens is 1. The molecule has 92 valence electrons. The van der Waals surface area contributed by atoms with E-state index in [1.165, 1.54) is 5.56 Å². The first-order valence-corrected chi connectivity index (χ1v) is 6.22. The van der Waals surface area contributed by atoms with Gasteiger partial charge in [0, 0.05) is 30.2 Å². The maximum absolute atomic E-state index is 5.08. The molecule has 1 heterocycles. The van der Waals surface area contributed by atoms with E-state index in [1.54, 1.807) is 0 Å². The summed E-state index contributed by atoms with van der Waals surface area (Å²) in [6.45, 7) is 9.45. The smallest absolute Gasteiger partial charge is 0.138 e. The summed E-state index contributed by atoms with van der Waals surface area (Å²) in [7, 11) is 0. The molecule has 0 aliphatic carbocycles. The monoisotopic (exact) mass is 262 g/mol. The number of hydrogen-bond donors (Lipinski definition) is 1. The molecule has 1 aromatic heterocycles. The van der Waals surface area contributed by atoms with Gasteiger partial charge >= 0.3 is 0 Å². The predicted molar refractivity (Wildman–Crippen MR) is 72.5 cm³/mol. The van der Waals surface area contributed by atoms with Crippen molar-refractivity contribution < 1.29 is 4.52 Å². The zero-order valence-electron chi connectivity index (χ0n) is 9.78. The molecule has 0 aliphatic heterocycles. The van der Waals surface area contributed by atoms with E-state index in [0.29, 0.717) is 0 Å². The number of hydrogen-bond acceptors (Lipinski definition) is 4. The lowest BCUT2D eigenvalue weighted by atomic mass is 10.2. The van der Waals surface area contributed by atoms with Crippen molar-refractivity contribution >= 4 is 24.2 Å². The highest BCUT2D eigenvalue weighted by Crippen LogP contribution is 2.11. The Morgan fingerprint density at radius 3 is 2.81 bits per heavy atom. The molecular weight excluding hydrogens is 244 g/mol. The first-order chi connectivity index (χ1) is 7.25. The zero-order chi connectivity index (χ0) is 11.1. The lowest BCUT2D eigenvalue weighted by Crippen LogP contribution is -2.17. The minimum atomic E-state index is 0. The van der Waals surface area contributed by atoms with E-state index < -0.39 is 0 Å². The van der Waals surface area contributed by atoms with Gasteiger partial charge in [-0.05, 0) is 13.8 Å². The quantitative estimate of drug-likeness (QED) is 0.606. The van der Waals surface area contributed by atoms with Crippen molar-refractivity contribution in [3.8, 4) is 0 Å². The Morgan fingerprint density at radius 1 is 1.50 bits per heavy atom. The van der Waals surface area contributed by atoms with Gasteiger partial charge in [0.25, 0.3) is 0 Å². The van der Waals surface area contributed by atoms with Crippen LogP contribution in [0.5, 0.6) is 0 Å². The van der Waals surface area contributed by atoms with Gasteiger partial charge in [-0.1, -0.05) is 11.2 Å². The summed E-state index contributed by atoms with van der Waals surface area (Å²) in [5, 5.41) is 7.28. The standard InChI is InChI=1S/C11H18N2OS.ClH/c1-4-6-15-7-5-12-8-11-9(2)13-14-10(11)3;/h4,12H,1,5-8H2,2-3H3;1H. The lowest BCUT2D eigenvalue weighted by Gasteiger charge is -2.03. The molecule has 5 heteroatoms. The van der Waals surface area contributed by atoms with Crippen molar-refractivity contribution in [2.24, 2.45) is 0 Å². The van der Waals surface area contributed by atoms with Crippen LogP contribution in [0.1, 0.15) is 17.0 Å². The second kappa shape index (κ2) is 8.67. The average Bonchev–Trinajstić information content (AvgIpc) is 2.54. The Bertz CT molecular complexity index is 295. The van der Waals surface area contributed by atoms with Crippen LogP contribution >= 0.6 is 24.2 Å². The van der Waals surface area contributed by atoms with E-state index in [-0.39, 0.29) is 12.4 Å². The highest BCUT2D eigenvalue weighted by atomic mass is 35.5. The molecule has 16 heavy (non-hydrogen) atoms. The fourth-order valence-corrected chi connectivity index (χ4v) is 1.90. The third-order valence-electron chi connectivity index (χ3n) is 2.14. The molecular formula is C11H19ClN2OS. The normalized spacial score (nSPS) is 9.88. The summed E-state index contributed by atoms with van der Waals surface area (Å²) in [5.41, 5.74) is 2.17. The minimum Gasteiger partial charge on any atom is -0.361 e. The van der Waals surface area contributed by atoms with E-state index in [9.17, 15) is 0 Å². The third kappa shape index (κ3) is 5.05. The summed E-state index contributed by atoms with van der Waals surface area (Å²) in [6.07, 6.45) is 1.93. The van der Waals surface area contributed by atoms with Gasteiger partial charge in [0.1, 0.15) is 5.76 Å². The predicted octanol–water partition coefficient (Wildman–Crippen LogP) is 2.72. The summed E-state index contributed by atoms with van der Waals surface area (Å²) in [4.78, 5) is 0. The van der Waals surface area contributed by atoms with Gasteiger partial charge in [-0.2, -0.15) is 11.8 Å². The molecule has 3 nitrogen and oxygen atoms in total. The highest BCUT2D eigenvalue weighted by molar-refractivity contribution is 7.99. The van der Waals surface area contributed by atoms with Gasteiger partial charge < -0.3 is 9.84 Å². The summed E-state index contributed by atoms with van der Waals surface area (Å²) < 4.78 is 5.08. The Hall–Kier alpha value is -0.450. The second-order valence-corrected chi connectivity index (χ2v) is 4.49. The number of halogens is 1. The highest BCUT2D eigenvalue weighted by Gasteiger charge is 2.07. The number of thioether (sulfide) groups is 1. The van der Waals surface area contributed by atoms with Gasteiger partial charge in [-0.25, -0.2) is 0 Å². The Labute approximate surface area is 107 Å². The molecule has 0 atom stereocenters. The Kier molecular flexibility index (Phi) is 8.43. The molecule has 0 unspecified atom stereocenters. The number of nitrogens with zero attached hydrogens (tertiary/aromatic N) is 1. The summed E-state index contributed by atoms with van der Waals surface area (Å²) >= 11 is 1.88. The molecule has 0 bridgehead atoms. The molecule has 0 radical (unpaired) electrons. The third-order valence-corrected chi connectivity index (χ3v) is 3.11. The van der Waals surface area contributed by atoms with Crippen molar-refractivity contribution in [3.05, 3.63) is 29.7 Å². The molecule has 1 aromatic rings. The summed E-state index contributed by atoms with van der Waals surface area (Å²) in [5.74, 6) is 3.04. The zero-order valence-corrected chi connectivity index (χ0v) is 11.4. The largest absolute Gasteiger partial charge is 0.361 e. The van der Waals surface area contributed by atoms with Crippen LogP contribution in [-0.4, -0.2) is 23.2 Å². The molecule has 0 fully saturated rings. The Balaban J connectivity index is 0.00000225. The molecule has 0 amide bonds. The molecule has 1 rings (SSSR count). The molecule has 0 aliphatic rings. The van der Waals surface area contributed by atoms with Gasteiger partial charge in [0.2, 0.25) is 0 Å². The second-order valence-electron chi connectivity index (χ2n) is 3.34. The first kappa shape index (κ1) is 15.6. The van der Waals surface area contributed by atoms with Crippen LogP contribution in [0.3, 0.4) is 0 Å². The number of rotatable bonds is 7. The fourth-order valence-electron chi connectivity index (χ4n) is 1.28. The van der Waals surface area contributed by atoms with Gasteiger partial charge in [0.05, 0.1) is 5.69 Å². The van der Waals surface area contributed by atoms with Crippen LogP contribution in [-0.2, 0) is 6.54 Å². The molecule has 0 saturated carbocycles. The van der Waals surface area contributed by atoms with E-state index in [1.807, 2.05) is 31.7 Å². The first-order valence-electron chi connectivity index (χ1n) is 5.06. The topological polar surface area (TPSA) is 38.1 Å². The van der Waals surface area contributed by atoms with Crippen LogP contribution in [0.4, 0.5) is 0 Å². The van der Waals surface area contributed by atoms with Gasteiger partial charge in [-0.3, -0.25) is 0 Å². The minimum absolute atomic E-state index is 0. The Morgan fingerprint density at radius 2 is 2.25 bits per heavy atom. The van der Waals surface area contributed by atoms with Crippen molar-refractivity contribution in [2.45, 2.75) is 20.4 Å². The van der Waals surface area contributed by atoms with Crippen LogP contribution in [0, 0.1) is 13.8 Å². The van der Waals surface area contributed by atoms with Crippen LogP contribution in [0.25, 0.3) is 0 Å². The van der Waals surface area contributed by atoms with Crippen molar-refractivity contribution in [1.82, 2.24) is 10.5 Å². The van der Waals surface area contributed by atoms with E-state index in [2.05, 4.69) is 17.1 Å². The van der Waals surface area contributed by atoms with E-state index >= 15 is 0 Å². The maximum Gasteiger partial charge on any atom is 0.138 e. The maximum atomic E-state index is 5.08. The fraction of sp³-hybridized carbons (Fsp3) is 0.545. The van der Waals surface area contributed by atoms with Crippen LogP contribution in [0.2, 0.25) is 0 Å². The number of aryl methyl sites for hydroxylation is 2. The molecule has 0 aromatic carbocycles. The van der Waals surface area contributed by atoms with Crippen molar-refractivity contribution in [1.29, 1.82) is 0 Å². The van der Waals surface area contributed by atoms with Crippen LogP contribution < -0.4 is 5.32 Å². The van der Waals surface area contributed by atoms with Gasteiger partial charge in [0.15, 0.2) is 0 Å². The number of nitrogens with one attached hydrogen (secondary N) is 1. The van der Waals surface area contributed by atoms with E-state index in [0.717, 1.165) is 36.0 Å². The molecule has 0 spiro atoms. The van der Waals surface area contributed by atoms with E-state index in [4.69, 9.17) is 4.52 Å². The average molecular weight is 263 g/mol.